The Kier molecular flexibility index (Phi) is 5.64. The van der Waals surface area contributed by atoms with Gasteiger partial charge in [0.05, 0.1) is 0 Å². The van der Waals surface area contributed by atoms with E-state index < -0.39 is 0 Å². The first-order valence-electron chi connectivity index (χ1n) is 7.18. The number of rotatable bonds is 5. The predicted molar refractivity (Wildman–Crippen MR) is 87.2 cm³/mol. The van der Waals surface area contributed by atoms with Crippen molar-refractivity contribution in [3.05, 3.63) is 40.4 Å². The lowest BCUT2D eigenvalue weighted by Gasteiger charge is -2.35. The summed E-state index contributed by atoms with van der Waals surface area (Å²) in [6.45, 7) is 9.84. The molecule has 110 valence electrons. The van der Waals surface area contributed by atoms with E-state index in [9.17, 15) is 5.11 Å². The highest BCUT2D eigenvalue weighted by molar-refractivity contribution is 9.10. The number of piperazine rings is 1. The highest BCUT2D eigenvalue weighted by atomic mass is 79.9. The van der Waals surface area contributed by atoms with Gasteiger partial charge in [-0.1, -0.05) is 22.0 Å². The van der Waals surface area contributed by atoms with Gasteiger partial charge in [0.15, 0.2) is 0 Å². The van der Waals surface area contributed by atoms with E-state index in [0.717, 1.165) is 54.6 Å². The molecule has 1 saturated heterocycles. The first-order valence-corrected chi connectivity index (χ1v) is 7.97. The summed E-state index contributed by atoms with van der Waals surface area (Å²) in [5.41, 5.74) is 1.95. The molecule has 20 heavy (non-hydrogen) atoms. The van der Waals surface area contributed by atoms with Crippen molar-refractivity contribution in [2.24, 2.45) is 0 Å². The number of hydrogen-bond acceptors (Lipinski definition) is 3. The van der Waals surface area contributed by atoms with Crippen LogP contribution in [-0.4, -0.2) is 36.2 Å². The molecule has 1 aromatic carbocycles. The zero-order chi connectivity index (χ0) is 14.5. The molecule has 0 aromatic heterocycles. The second kappa shape index (κ2) is 7.25. The minimum absolute atomic E-state index is 0.256. The van der Waals surface area contributed by atoms with Crippen molar-refractivity contribution in [3.8, 4) is 5.75 Å². The maximum atomic E-state index is 10.4. The van der Waals surface area contributed by atoms with Gasteiger partial charge in [-0.2, -0.15) is 0 Å². The molecule has 4 heteroatoms. The molecule has 1 aliphatic heterocycles. The molecule has 2 rings (SSSR count). The number of aryl methyl sites for hydroxylation is 1. The van der Waals surface area contributed by atoms with E-state index in [1.165, 1.54) is 0 Å². The zero-order valence-corrected chi connectivity index (χ0v) is 13.6. The Morgan fingerprint density at radius 1 is 1.45 bits per heavy atom. The maximum absolute atomic E-state index is 10.4. The van der Waals surface area contributed by atoms with Crippen LogP contribution < -0.4 is 5.32 Å². The fourth-order valence-electron chi connectivity index (χ4n) is 2.82. The normalized spacial score (nSPS) is 17.9. The fraction of sp³-hybridized carbons (Fsp3) is 0.500. The monoisotopic (exact) mass is 338 g/mol. The molecular formula is C16H23BrN2O. The molecule has 0 aliphatic carbocycles. The third kappa shape index (κ3) is 3.62. The van der Waals surface area contributed by atoms with Gasteiger partial charge < -0.3 is 10.4 Å². The number of allylic oxidation sites excluding steroid dienone is 1. The van der Waals surface area contributed by atoms with Crippen molar-refractivity contribution >= 4 is 15.9 Å². The van der Waals surface area contributed by atoms with Gasteiger partial charge in [0, 0.05) is 42.3 Å². The molecule has 0 unspecified atom stereocenters. The number of hydrogen-bond donors (Lipinski definition) is 2. The van der Waals surface area contributed by atoms with E-state index in [1.807, 2.05) is 19.1 Å². The van der Waals surface area contributed by atoms with Crippen LogP contribution in [-0.2, 0) is 0 Å². The average molecular weight is 339 g/mol. The second-order valence-corrected chi connectivity index (χ2v) is 6.24. The molecule has 1 fully saturated rings. The van der Waals surface area contributed by atoms with Crippen LogP contribution in [0.25, 0.3) is 0 Å². The third-order valence-electron chi connectivity index (χ3n) is 3.89. The number of aromatic hydroxyl groups is 1. The smallest absolute Gasteiger partial charge is 0.123 e. The van der Waals surface area contributed by atoms with E-state index in [4.69, 9.17) is 0 Å². The maximum Gasteiger partial charge on any atom is 0.123 e. The summed E-state index contributed by atoms with van der Waals surface area (Å²) < 4.78 is 1.03. The Bertz CT molecular complexity index is 470. The predicted octanol–water partition coefficient (Wildman–Crippen LogP) is 3.38. The van der Waals surface area contributed by atoms with E-state index in [2.05, 4.69) is 38.8 Å². The Morgan fingerprint density at radius 2 is 2.15 bits per heavy atom. The Balaban J connectivity index is 2.31. The topological polar surface area (TPSA) is 35.5 Å². The van der Waals surface area contributed by atoms with Crippen molar-refractivity contribution in [2.75, 3.05) is 26.2 Å². The van der Waals surface area contributed by atoms with Crippen LogP contribution in [0.2, 0.25) is 0 Å². The van der Waals surface area contributed by atoms with Crippen LogP contribution in [0.1, 0.15) is 30.0 Å². The molecule has 1 atom stereocenters. The molecule has 2 N–H and O–H groups in total. The lowest BCUT2D eigenvalue weighted by Crippen LogP contribution is -2.45. The second-order valence-electron chi connectivity index (χ2n) is 5.33. The number of phenolic OH excluding ortho intramolecular Hbond substituents is 1. The summed E-state index contributed by atoms with van der Waals surface area (Å²) >= 11 is 3.55. The first-order chi connectivity index (χ1) is 9.63. The largest absolute Gasteiger partial charge is 0.507 e. The van der Waals surface area contributed by atoms with E-state index >= 15 is 0 Å². The standard InChI is InChI=1S/C16H23BrN2O/c1-3-4-5-15(19-8-6-18-7-9-19)14-11-13(17)10-12(2)16(14)20/h3,10-11,15,18,20H,1,4-9H2,2H3/t15-/m0/s1. The molecule has 1 heterocycles. The van der Waals surface area contributed by atoms with Crippen LogP contribution in [0, 0.1) is 6.92 Å². The summed E-state index contributed by atoms with van der Waals surface area (Å²) in [7, 11) is 0. The Morgan fingerprint density at radius 3 is 2.80 bits per heavy atom. The molecule has 0 saturated carbocycles. The molecule has 0 radical (unpaired) electrons. The van der Waals surface area contributed by atoms with Crippen LogP contribution in [0.3, 0.4) is 0 Å². The zero-order valence-electron chi connectivity index (χ0n) is 12.0. The molecule has 0 bridgehead atoms. The minimum atomic E-state index is 0.256. The lowest BCUT2D eigenvalue weighted by atomic mass is 9.96. The molecular weight excluding hydrogens is 316 g/mol. The summed E-state index contributed by atoms with van der Waals surface area (Å²) in [6, 6.07) is 4.27. The van der Waals surface area contributed by atoms with Gasteiger partial charge in [-0.15, -0.1) is 6.58 Å². The number of nitrogens with one attached hydrogen (secondary N) is 1. The number of phenols is 1. The van der Waals surface area contributed by atoms with Gasteiger partial charge >= 0.3 is 0 Å². The fourth-order valence-corrected chi connectivity index (χ4v) is 3.41. The van der Waals surface area contributed by atoms with Crippen LogP contribution in [0.5, 0.6) is 5.75 Å². The SMILES string of the molecule is C=CCC[C@@H](c1cc(Br)cc(C)c1O)N1CCNCC1. The van der Waals surface area contributed by atoms with Gasteiger partial charge in [-0.05, 0) is 37.5 Å². The van der Waals surface area contributed by atoms with E-state index in [1.54, 1.807) is 0 Å². The quantitative estimate of drug-likeness (QED) is 0.808. The van der Waals surface area contributed by atoms with E-state index in [-0.39, 0.29) is 6.04 Å². The molecule has 0 spiro atoms. The molecule has 0 amide bonds. The van der Waals surface area contributed by atoms with Gasteiger partial charge in [0.2, 0.25) is 0 Å². The van der Waals surface area contributed by atoms with E-state index in [0.29, 0.717) is 5.75 Å². The van der Waals surface area contributed by atoms with Crippen molar-refractivity contribution in [3.63, 3.8) is 0 Å². The molecule has 1 aliphatic rings. The molecule has 3 nitrogen and oxygen atoms in total. The van der Waals surface area contributed by atoms with Crippen LogP contribution >= 0.6 is 15.9 Å². The highest BCUT2D eigenvalue weighted by Gasteiger charge is 2.24. The number of nitrogens with zero attached hydrogens (tertiary/aromatic N) is 1. The first kappa shape index (κ1) is 15.5. The van der Waals surface area contributed by atoms with Crippen LogP contribution in [0.4, 0.5) is 0 Å². The Hall–Kier alpha value is -0.840. The summed E-state index contributed by atoms with van der Waals surface area (Å²) in [5.74, 6) is 0.431. The summed E-state index contributed by atoms with van der Waals surface area (Å²) in [4.78, 5) is 2.46. The average Bonchev–Trinajstić information content (AvgIpc) is 2.45. The molecule has 1 aromatic rings. The highest BCUT2D eigenvalue weighted by Crippen LogP contribution is 2.36. The van der Waals surface area contributed by atoms with Gasteiger partial charge in [-0.25, -0.2) is 0 Å². The van der Waals surface area contributed by atoms with Crippen molar-refractivity contribution in [2.45, 2.75) is 25.8 Å². The van der Waals surface area contributed by atoms with Gasteiger partial charge in [0.1, 0.15) is 5.75 Å². The summed E-state index contributed by atoms with van der Waals surface area (Å²) in [5, 5.41) is 13.8. The van der Waals surface area contributed by atoms with Gasteiger partial charge in [-0.3, -0.25) is 4.90 Å². The number of halogens is 1. The van der Waals surface area contributed by atoms with Crippen LogP contribution in [0.15, 0.2) is 29.3 Å². The minimum Gasteiger partial charge on any atom is -0.507 e. The summed E-state index contributed by atoms with van der Waals surface area (Å²) in [6.07, 6.45) is 3.91. The number of benzene rings is 1. The lowest BCUT2D eigenvalue weighted by molar-refractivity contribution is 0.163. The van der Waals surface area contributed by atoms with Crippen molar-refractivity contribution in [1.29, 1.82) is 0 Å². The van der Waals surface area contributed by atoms with Crippen molar-refractivity contribution in [1.82, 2.24) is 10.2 Å². The Labute approximate surface area is 129 Å². The van der Waals surface area contributed by atoms with Gasteiger partial charge in [0.25, 0.3) is 0 Å². The van der Waals surface area contributed by atoms with Crippen molar-refractivity contribution < 1.29 is 5.11 Å². The third-order valence-corrected chi connectivity index (χ3v) is 4.35.